The molecule has 1 N–H and O–H groups in total. The lowest BCUT2D eigenvalue weighted by molar-refractivity contribution is -0.386. The van der Waals surface area contributed by atoms with Crippen LogP contribution in [0.1, 0.15) is 21.1 Å². The molecule has 0 radical (unpaired) electrons. The van der Waals surface area contributed by atoms with E-state index < -0.39 is 10.9 Å². The number of anilines is 1. The molecule has 21 heavy (non-hydrogen) atoms. The van der Waals surface area contributed by atoms with Crippen LogP contribution < -0.4 is 5.32 Å². The van der Waals surface area contributed by atoms with Gasteiger partial charge in [0.2, 0.25) is 5.76 Å². The van der Waals surface area contributed by atoms with Gasteiger partial charge in [-0.15, -0.1) is 11.3 Å². The van der Waals surface area contributed by atoms with Gasteiger partial charge in [-0.25, -0.2) is 4.79 Å². The van der Waals surface area contributed by atoms with Gasteiger partial charge in [0, 0.05) is 12.3 Å². The van der Waals surface area contributed by atoms with Gasteiger partial charge in [-0.05, 0) is 18.4 Å². The van der Waals surface area contributed by atoms with E-state index >= 15 is 0 Å². The molecule has 0 fully saturated rings. The van der Waals surface area contributed by atoms with Crippen LogP contribution in [-0.4, -0.2) is 23.2 Å². The number of nitro groups is 1. The molecule has 2 heterocycles. The summed E-state index contributed by atoms with van der Waals surface area (Å²) in [6.07, 6.45) is 2.80. The van der Waals surface area contributed by atoms with E-state index in [1.165, 1.54) is 37.6 Å². The first-order valence-corrected chi connectivity index (χ1v) is 6.62. The van der Waals surface area contributed by atoms with E-state index in [2.05, 4.69) is 15.2 Å². The third kappa shape index (κ3) is 3.08. The summed E-state index contributed by atoms with van der Waals surface area (Å²) in [5.74, 6) is -0.428. The van der Waals surface area contributed by atoms with E-state index in [0.717, 1.165) is 0 Å². The number of ether oxygens (including phenoxy) is 1. The van der Waals surface area contributed by atoms with Gasteiger partial charge in [-0.2, -0.15) is 0 Å². The smallest absolute Gasteiger partial charge is 0.350 e. The molecule has 0 saturated heterocycles. The number of hydrogen-bond donors (Lipinski definition) is 1. The van der Waals surface area contributed by atoms with Gasteiger partial charge in [-0.3, -0.25) is 10.1 Å². The highest BCUT2D eigenvalue weighted by molar-refractivity contribution is 7.12. The molecule has 9 heteroatoms. The molecule has 0 bridgehead atoms. The van der Waals surface area contributed by atoms with E-state index in [1.807, 2.05) is 0 Å². The summed E-state index contributed by atoms with van der Waals surface area (Å²) in [5, 5.41) is 19.0. The monoisotopic (exact) mass is 309 g/mol. The van der Waals surface area contributed by atoms with E-state index in [4.69, 9.17) is 4.52 Å². The maximum atomic E-state index is 11.5. The average molecular weight is 309 g/mol. The number of carbonyl (C=O) groups excluding carboxylic acids is 1. The van der Waals surface area contributed by atoms with Crippen LogP contribution in [0.5, 0.6) is 0 Å². The first-order chi connectivity index (χ1) is 10.0. The highest BCUT2D eigenvalue weighted by Gasteiger charge is 2.22. The predicted octanol–water partition coefficient (Wildman–Crippen LogP) is 2.82. The highest BCUT2D eigenvalue weighted by Crippen LogP contribution is 2.25. The van der Waals surface area contributed by atoms with Crippen LogP contribution in [0.3, 0.4) is 0 Å². The van der Waals surface area contributed by atoms with Crippen molar-refractivity contribution in [3.05, 3.63) is 44.1 Å². The molecule has 110 valence electrons. The summed E-state index contributed by atoms with van der Waals surface area (Å²) in [6.45, 7) is 1.49. The van der Waals surface area contributed by atoms with Crippen molar-refractivity contribution in [2.24, 2.45) is 0 Å². The van der Waals surface area contributed by atoms with Gasteiger partial charge < -0.3 is 14.6 Å². The number of rotatable bonds is 5. The van der Waals surface area contributed by atoms with E-state index in [-0.39, 0.29) is 17.1 Å². The summed E-state index contributed by atoms with van der Waals surface area (Å²) in [6, 6.07) is 1.70. The van der Waals surface area contributed by atoms with Crippen LogP contribution in [0.25, 0.3) is 6.08 Å². The molecule has 0 atom stereocenters. The molecule has 0 unspecified atom stereocenters. The average Bonchev–Trinajstić information content (AvgIpc) is 3.05. The van der Waals surface area contributed by atoms with Crippen molar-refractivity contribution in [2.45, 2.75) is 6.92 Å². The fourth-order valence-corrected chi connectivity index (χ4v) is 2.37. The Labute approximate surface area is 123 Å². The Bertz CT molecular complexity index is 704. The highest BCUT2D eigenvalue weighted by atomic mass is 32.1. The van der Waals surface area contributed by atoms with E-state index in [0.29, 0.717) is 10.6 Å². The van der Waals surface area contributed by atoms with Crippen LogP contribution in [0.2, 0.25) is 0 Å². The Kier molecular flexibility index (Phi) is 4.33. The number of nitrogens with zero attached hydrogens (tertiary/aromatic N) is 2. The number of thiophene rings is 1. The van der Waals surface area contributed by atoms with E-state index in [1.54, 1.807) is 11.4 Å². The zero-order valence-electron chi connectivity index (χ0n) is 11.2. The number of hydrogen-bond acceptors (Lipinski definition) is 8. The van der Waals surface area contributed by atoms with Gasteiger partial charge in [0.15, 0.2) is 5.69 Å². The summed E-state index contributed by atoms with van der Waals surface area (Å²) in [7, 11) is 1.29. The molecule has 2 aromatic rings. The van der Waals surface area contributed by atoms with Gasteiger partial charge in [0.1, 0.15) is 4.88 Å². The zero-order valence-corrected chi connectivity index (χ0v) is 12.0. The molecular formula is C12H11N3O5S. The predicted molar refractivity (Wildman–Crippen MR) is 76.2 cm³/mol. The number of aryl methyl sites for hydroxylation is 1. The molecule has 0 spiro atoms. The minimum absolute atomic E-state index is 0.0276. The summed E-state index contributed by atoms with van der Waals surface area (Å²) < 4.78 is 9.51. The lowest BCUT2D eigenvalue weighted by Gasteiger charge is -2.00. The normalized spacial score (nSPS) is 10.8. The van der Waals surface area contributed by atoms with Crippen molar-refractivity contribution < 1.29 is 19.0 Å². The second kappa shape index (κ2) is 6.18. The molecular weight excluding hydrogens is 298 g/mol. The minimum atomic E-state index is -0.560. The summed E-state index contributed by atoms with van der Waals surface area (Å²) in [4.78, 5) is 22.2. The molecule has 2 aromatic heterocycles. The second-order valence-electron chi connectivity index (χ2n) is 3.87. The molecule has 8 nitrogen and oxygen atoms in total. The Morgan fingerprint density at radius 2 is 2.38 bits per heavy atom. The second-order valence-corrected chi connectivity index (χ2v) is 4.79. The molecule has 0 aliphatic heterocycles. The number of esters is 1. The molecule has 0 saturated carbocycles. The maximum absolute atomic E-state index is 11.5. The topological polar surface area (TPSA) is 108 Å². The van der Waals surface area contributed by atoms with Gasteiger partial charge in [-0.1, -0.05) is 5.16 Å². The zero-order chi connectivity index (χ0) is 15.4. The van der Waals surface area contributed by atoms with Crippen LogP contribution in [0.4, 0.5) is 11.4 Å². The standard InChI is InChI=1S/C12H11N3O5S/c1-7-10(15(17)18)9(20-14-7)3-5-13-8-4-6-21-11(8)12(16)19-2/h3-6,13H,1-2H3/b5-3-. The van der Waals surface area contributed by atoms with Crippen molar-refractivity contribution >= 4 is 34.8 Å². The van der Waals surface area contributed by atoms with Crippen molar-refractivity contribution in [3.63, 3.8) is 0 Å². The third-order valence-electron chi connectivity index (χ3n) is 2.55. The van der Waals surface area contributed by atoms with Gasteiger partial charge in [0.05, 0.1) is 17.7 Å². The summed E-state index contributed by atoms with van der Waals surface area (Å²) in [5.41, 5.74) is 0.555. The van der Waals surface area contributed by atoms with Crippen LogP contribution in [-0.2, 0) is 4.74 Å². The quantitative estimate of drug-likeness (QED) is 0.514. The molecule has 0 amide bonds. The van der Waals surface area contributed by atoms with Crippen molar-refractivity contribution in [1.82, 2.24) is 5.16 Å². The van der Waals surface area contributed by atoms with Crippen LogP contribution >= 0.6 is 11.3 Å². The first-order valence-electron chi connectivity index (χ1n) is 5.74. The van der Waals surface area contributed by atoms with Crippen molar-refractivity contribution in [3.8, 4) is 0 Å². The Morgan fingerprint density at radius 1 is 1.62 bits per heavy atom. The van der Waals surface area contributed by atoms with Crippen LogP contribution in [0.15, 0.2) is 22.2 Å². The summed E-state index contributed by atoms with van der Waals surface area (Å²) >= 11 is 1.23. The molecule has 0 aliphatic carbocycles. The SMILES string of the molecule is COC(=O)c1sccc1N/C=C\c1onc(C)c1[N+](=O)[O-]. The number of aromatic nitrogens is 1. The fourth-order valence-electron chi connectivity index (χ4n) is 1.59. The fraction of sp³-hybridized carbons (Fsp3) is 0.167. The van der Waals surface area contributed by atoms with E-state index in [9.17, 15) is 14.9 Å². The third-order valence-corrected chi connectivity index (χ3v) is 3.44. The number of carbonyl (C=O) groups is 1. The lowest BCUT2D eigenvalue weighted by Crippen LogP contribution is -2.01. The lowest BCUT2D eigenvalue weighted by atomic mass is 10.3. The molecule has 0 aliphatic rings. The largest absolute Gasteiger partial charge is 0.465 e. The first kappa shape index (κ1) is 14.7. The minimum Gasteiger partial charge on any atom is -0.465 e. The van der Waals surface area contributed by atoms with Crippen molar-refractivity contribution in [1.29, 1.82) is 0 Å². The maximum Gasteiger partial charge on any atom is 0.350 e. The molecule has 2 rings (SSSR count). The van der Waals surface area contributed by atoms with Crippen molar-refractivity contribution in [2.75, 3.05) is 12.4 Å². The van der Waals surface area contributed by atoms with Gasteiger partial charge >= 0.3 is 11.7 Å². The Balaban J connectivity index is 2.16. The number of nitrogens with one attached hydrogen (secondary N) is 1. The molecule has 0 aromatic carbocycles. The Hall–Kier alpha value is -2.68. The Morgan fingerprint density at radius 3 is 3.05 bits per heavy atom. The van der Waals surface area contributed by atoms with Crippen LogP contribution in [0, 0.1) is 17.0 Å². The number of methoxy groups -OCH3 is 1. The van der Waals surface area contributed by atoms with Gasteiger partial charge in [0.25, 0.3) is 0 Å².